The van der Waals surface area contributed by atoms with Crippen LogP contribution in [0.5, 0.6) is 0 Å². The van der Waals surface area contributed by atoms with E-state index in [9.17, 15) is 14.2 Å². The molecule has 0 rings (SSSR count). The summed E-state index contributed by atoms with van der Waals surface area (Å²) in [6.07, 6.45) is 38.8. The summed E-state index contributed by atoms with van der Waals surface area (Å²) in [6.45, 7) is 3.31. The normalized spacial score (nSPS) is 13.6. The Kier molecular flexibility index (Phi) is 28.4. The molecule has 0 heterocycles. The van der Waals surface area contributed by atoms with Gasteiger partial charge in [0, 0.05) is 12.8 Å². The van der Waals surface area contributed by atoms with Gasteiger partial charge in [0.1, 0.15) is 6.61 Å². The molecule has 0 aromatic rings. The molecule has 1 atom stereocenters. The summed E-state index contributed by atoms with van der Waals surface area (Å²) in [7, 11) is -4.76. The van der Waals surface area contributed by atoms with Crippen LogP contribution in [0, 0.1) is 0 Å². The zero-order chi connectivity index (χ0) is 32.6. The standard InChI is InChI=1S/C35H55O8P/c1-3-5-7-9-11-13-15-17-19-21-23-25-27-29-34(36)41-31-33(32-42-44(38,39)40)43-35(37)30-28-26-24-22-20-18-16-14-12-10-8-6-4-2/h5-17,19,33H,3-4,18,20-32H2,1-2H3,(H2,38,39,40)/b7-5+,8-6+,11-9+,12-10+,15-13+,16-14+,19-17+. The van der Waals surface area contributed by atoms with E-state index >= 15 is 0 Å². The zero-order valence-corrected chi connectivity index (χ0v) is 27.7. The predicted molar refractivity (Wildman–Crippen MR) is 179 cm³/mol. The summed E-state index contributed by atoms with van der Waals surface area (Å²) in [5, 5.41) is 0. The van der Waals surface area contributed by atoms with Crippen molar-refractivity contribution >= 4 is 19.8 Å². The van der Waals surface area contributed by atoms with Crippen LogP contribution in [0.25, 0.3) is 0 Å². The highest BCUT2D eigenvalue weighted by Crippen LogP contribution is 2.35. The second-order valence-electron chi connectivity index (χ2n) is 10.2. The van der Waals surface area contributed by atoms with E-state index in [1.807, 2.05) is 60.8 Å². The van der Waals surface area contributed by atoms with Crippen LogP contribution >= 0.6 is 7.82 Å². The van der Waals surface area contributed by atoms with Crippen LogP contribution in [-0.2, 0) is 28.2 Å². The van der Waals surface area contributed by atoms with Gasteiger partial charge in [0.05, 0.1) is 6.61 Å². The van der Waals surface area contributed by atoms with Crippen LogP contribution in [0.3, 0.4) is 0 Å². The molecule has 0 aromatic heterocycles. The largest absolute Gasteiger partial charge is 0.469 e. The molecule has 0 aliphatic rings. The molecule has 2 N–H and O–H groups in total. The van der Waals surface area contributed by atoms with Crippen molar-refractivity contribution in [1.29, 1.82) is 0 Å². The van der Waals surface area contributed by atoms with Crippen LogP contribution < -0.4 is 0 Å². The number of phosphoric acid groups is 1. The molecular weight excluding hydrogens is 579 g/mol. The summed E-state index contributed by atoms with van der Waals surface area (Å²) in [6, 6.07) is 0. The third kappa shape index (κ3) is 32.2. The lowest BCUT2D eigenvalue weighted by atomic mass is 10.1. The fourth-order valence-corrected chi connectivity index (χ4v) is 4.09. The molecule has 9 heteroatoms. The fraction of sp³-hybridized carbons (Fsp3) is 0.543. The SMILES string of the molecule is CC/C=C/C=C/C=C/C=C/CCCCCC(=O)OCC(COP(=O)(O)O)OC(=O)CCCCCCC/C=C/C=C/C=C/CC. The third-order valence-corrected chi connectivity index (χ3v) is 6.55. The topological polar surface area (TPSA) is 119 Å². The van der Waals surface area contributed by atoms with Gasteiger partial charge in [0.15, 0.2) is 6.10 Å². The van der Waals surface area contributed by atoms with Gasteiger partial charge in [-0.25, -0.2) is 4.57 Å². The molecule has 0 aromatic carbocycles. The highest BCUT2D eigenvalue weighted by Gasteiger charge is 2.22. The van der Waals surface area contributed by atoms with Crippen molar-refractivity contribution in [3.8, 4) is 0 Å². The Labute approximate surface area is 265 Å². The number of carbonyl (C=O) groups is 2. The Morgan fingerprint density at radius 3 is 1.55 bits per heavy atom. The van der Waals surface area contributed by atoms with E-state index in [0.29, 0.717) is 12.8 Å². The Bertz CT molecular complexity index is 985. The van der Waals surface area contributed by atoms with Crippen LogP contribution in [-0.4, -0.2) is 41.0 Å². The molecule has 0 bridgehead atoms. The molecule has 0 spiro atoms. The van der Waals surface area contributed by atoms with Gasteiger partial charge in [-0.05, 0) is 51.4 Å². The van der Waals surface area contributed by atoms with E-state index in [1.165, 1.54) is 0 Å². The molecule has 0 saturated carbocycles. The Morgan fingerprint density at radius 1 is 0.591 bits per heavy atom. The smallest absolute Gasteiger partial charge is 0.462 e. The van der Waals surface area contributed by atoms with Gasteiger partial charge in [-0.2, -0.15) is 0 Å². The number of phosphoric ester groups is 1. The summed E-state index contributed by atoms with van der Waals surface area (Å²) >= 11 is 0. The lowest BCUT2D eigenvalue weighted by Gasteiger charge is -2.18. The van der Waals surface area contributed by atoms with Crippen LogP contribution in [0.1, 0.15) is 104 Å². The van der Waals surface area contributed by atoms with Gasteiger partial charge in [0.25, 0.3) is 0 Å². The molecule has 44 heavy (non-hydrogen) atoms. The first kappa shape index (κ1) is 41.2. The minimum atomic E-state index is -4.76. The molecule has 0 amide bonds. The zero-order valence-electron chi connectivity index (χ0n) is 26.8. The molecule has 0 aliphatic carbocycles. The summed E-state index contributed by atoms with van der Waals surface area (Å²) in [5.41, 5.74) is 0. The van der Waals surface area contributed by atoms with Gasteiger partial charge in [0.2, 0.25) is 0 Å². The highest BCUT2D eigenvalue weighted by atomic mass is 31.2. The molecule has 0 aliphatic heterocycles. The molecule has 248 valence electrons. The van der Waals surface area contributed by atoms with E-state index in [4.69, 9.17) is 19.3 Å². The first-order valence-corrected chi connectivity index (χ1v) is 17.5. The molecule has 0 saturated heterocycles. The number of ether oxygens (including phenoxy) is 2. The highest BCUT2D eigenvalue weighted by molar-refractivity contribution is 7.46. The number of hydrogen-bond donors (Lipinski definition) is 2. The first-order valence-electron chi connectivity index (χ1n) is 16.0. The second kappa shape index (κ2) is 30.3. The molecule has 1 unspecified atom stereocenters. The maximum absolute atomic E-state index is 12.3. The number of hydrogen-bond acceptors (Lipinski definition) is 6. The molecular formula is C35H55O8P. The number of allylic oxidation sites excluding steroid dienone is 14. The maximum atomic E-state index is 12.3. The third-order valence-electron chi connectivity index (χ3n) is 6.06. The number of rotatable bonds is 27. The van der Waals surface area contributed by atoms with E-state index in [1.54, 1.807) is 0 Å². The van der Waals surface area contributed by atoms with E-state index in [-0.39, 0.29) is 19.4 Å². The van der Waals surface area contributed by atoms with Crippen LogP contribution in [0.4, 0.5) is 0 Å². The van der Waals surface area contributed by atoms with Crippen molar-refractivity contribution in [3.63, 3.8) is 0 Å². The summed E-state index contributed by atoms with van der Waals surface area (Å²) < 4.78 is 26.1. The van der Waals surface area contributed by atoms with Crippen molar-refractivity contribution in [2.24, 2.45) is 0 Å². The van der Waals surface area contributed by atoms with E-state index < -0.39 is 32.5 Å². The number of unbranched alkanes of at least 4 members (excludes halogenated alkanes) is 8. The number of esters is 2. The van der Waals surface area contributed by atoms with Crippen LogP contribution in [0.15, 0.2) is 85.1 Å². The Morgan fingerprint density at radius 2 is 1.02 bits per heavy atom. The van der Waals surface area contributed by atoms with E-state index in [0.717, 1.165) is 64.2 Å². The summed E-state index contributed by atoms with van der Waals surface area (Å²) in [5.74, 6) is -0.969. The van der Waals surface area contributed by atoms with Gasteiger partial charge in [-0.15, -0.1) is 0 Å². The lowest BCUT2D eigenvalue weighted by molar-refractivity contribution is -0.161. The van der Waals surface area contributed by atoms with Crippen molar-refractivity contribution in [2.45, 2.75) is 110 Å². The minimum Gasteiger partial charge on any atom is -0.462 e. The quantitative estimate of drug-likeness (QED) is 0.0398. The van der Waals surface area contributed by atoms with Crippen molar-refractivity contribution in [1.82, 2.24) is 0 Å². The number of carbonyl (C=O) groups excluding carboxylic acids is 2. The van der Waals surface area contributed by atoms with Gasteiger partial charge in [-0.3, -0.25) is 14.1 Å². The van der Waals surface area contributed by atoms with Crippen molar-refractivity contribution in [3.05, 3.63) is 85.1 Å². The minimum absolute atomic E-state index is 0.174. The maximum Gasteiger partial charge on any atom is 0.469 e. The first-order chi connectivity index (χ1) is 21.3. The monoisotopic (exact) mass is 634 g/mol. The van der Waals surface area contributed by atoms with Crippen LogP contribution in [0.2, 0.25) is 0 Å². The molecule has 0 radical (unpaired) electrons. The summed E-state index contributed by atoms with van der Waals surface area (Å²) in [4.78, 5) is 42.5. The lowest BCUT2D eigenvalue weighted by Crippen LogP contribution is -2.29. The predicted octanol–water partition coefficient (Wildman–Crippen LogP) is 8.95. The van der Waals surface area contributed by atoms with Gasteiger partial charge < -0.3 is 19.3 Å². The van der Waals surface area contributed by atoms with E-state index in [2.05, 4.69) is 42.7 Å². The second-order valence-corrected chi connectivity index (χ2v) is 11.4. The average molecular weight is 635 g/mol. The van der Waals surface area contributed by atoms with Gasteiger partial charge in [-0.1, -0.05) is 125 Å². The average Bonchev–Trinajstić information content (AvgIpc) is 2.98. The Balaban J connectivity index is 4.18. The van der Waals surface area contributed by atoms with Crippen molar-refractivity contribution < 1.29 is 37.9 Å². The Hall–Kier alpha value is -2.77. The molecule has 0 fully saturated rings. The van der Waals surface area contributed by atoms with Crippen molar-refractivity contribution in [2.75, 3.05) is 13.2 Å². The fourth-order valence-electron chi connectivity index (χ4n) is 3.73. The molecule has 8 nitrogen and oxygen atoms in total. The van der Waals surface area contributed by atoms with Gasteiger partial charge >= 0.3 is 19.8 Å².